The third-order valence-corrected chi connectivity index (χ3v) is 2.83. The number of ether oxygens (including phenoxy) is 1. The van der Waals surface area contributed by atoms with Crippen molar-refractivity contribution >= 4 is 5.69 Å². The average Bonchev–Trinajstić information content (AvgIpc) is 2.46. The first-order valence-electron chi connectivity index (χ1n) is 5.90. The van der Waals surface area contributed by atoms with Crippen LogP contribution in [0.1, 0.15) is 11.1 Å². The van der Waals surface area contributed by atoms with Crippen LogP contribution in [0.2, 0.25) is 0 Å². The van der Waals surface area contributed by atoms with Gasteiger partial charge in [-0.25, -0.2) is 8.78 Å². The lowest BCUT2D eigenvalue weighted by Gasteiger charge is -2.10. The molecular weight excluding hydrogens is 262 g/mol. The number of methoxy groups -OCH3 is 1. The lowest BCUT2D eigenvalue weighted by atomic mass is 10.1. The van der Waals surface area contributed by atoms with Gasteiger partial charge < -0.3 is 10.1 Å². The maximum Gasteiger partial charge on any atom is 0.131 e. The molecule has 0 aromatic heterocycles. The molecule has 0 aliphatic heterocycles. The zero-order chi connectivity index (χ0) is 14.5. The Bertz CT molecular complexity index is 665. The molecule has 0 radical (unpaired) electrons. The van der Waals surface area contributed by atoms with Crippen molar-refractivity contribution in [1.29, 1.82) is 5.26 Å². The Morgan fingerprint density at radius 1 is 1.20 bits per heavy atom. The molecule has 20 heavy (non-hydrogen) atoms. The zero-order valence-corrected chi connectivity index (χ0v) is 10.8. The van der Waals surface area contributed by atoms with Gasteiger partial charge in [0, 0.05) is 24.2 Å². The van der Waals surface area contributed by atoms with Gasteiger partial charge >= 0.3 is 0 Å². The molecule has 2 rings (SSSR count). The predicted molar refractivity (Wildman–Crippen MR) is 71.4 cm³/mol. The summed E-state index contributed by atoms with van der Waals surface area (Å²) in [4.78, 5) is 0. The number of anilines is 1. The first-order chi connectivity index (χ1) is 9.63. The van der Waals surface area contributed by atoms with Gasteiger partial charge in [-0.1, -0.05) is 6.07 Å². The number of halogens is 2. The molecule has 0 amide bonds. The third-order valence-electron chi connectivity index (χ3n) is 2.83. The molecule has 0 aliphatic rings. The first kappa shape index (κ1) is 13.8. The fraction of sp³-hybridized carbons (Fsp3) is 0.133. The third kappa shape index (κ3) is 3.04. The summed E-state index contributed by atoms with van der Waals surface area (Å²) in [6.07, 6.45) is 0. The normalized spacial score (nSPS) is 9.90. The molecule has 0 saturated heterocycles. The van der Waals surface area contributed by atoms with Crippen molar-refractivity contribution in [1.82, 2.24) is 0 Å². The molecule has 0 spiro atoms. The number of hydrogen-bond acceptors (Lipinski definition) is 3. The number of rotatable bonds is 4. The largest absolute Gasteiger partial charge is 0.497 e. The van der Waals surface area contributed by atoms with Crippen molar-refractivity contribution in [2.24, 2.45) is 0 Å². The fourth-order valence-corrected chi connectivity index (χ4v) is 1.75. The van der Waals surface area contributed by atoms with Crippen molar-refractivity contribution < 1.29 is 13.5 Å². The molecule has 5 heteroatoms. The van der Waals surface area contributed by atoms with E-state index in [4.69, 9.17) is 10.00 Å². The standard InChI is InChI=1S/C15H12F2N2O/c1-20-13-5-3-10(8-18)15(7-13)19-9-11-2-4-12(16)6-14(11)17/h2-7,19H,9H2,1H3. The first-order valence-corrected chi connectivity index (χ1v) is 5.90. The molecule has 0 aliphatic carbocycles. The molecule has 2 aromatic rings. The van der Waals surface area contributed by atoms with Gasteiger partial charge in [0.1, 0.15) is 23.5 Å². The summed E-state index contributed by atoms with van der Waals surface area (Å²) >= 11 is 0. The average molecular weight is 274 g/mol. The van der Waals surface area contributed by atoms with E-state index in [2.05, 4.69) is 5.32 Å². The molecule has 102 valence electrons. The number of nitrogens with one attached hydrogen (secondary N) is 1. The zero-order valence-electron chi connectivity index (χ0n) is 10.8. The van der Waals surface area contributed by atoms with E-state index in [0.29, 0.717) is 22.6 Å². The molecule has 0 fully saturated rings. The minimum atomic E-state index is -0.626. The van der Waals surface area contributed by atoms with E-state index in [9.17, 15) is 8.78 Å². The Morgan fingerprint density at radius 2 is 2.00 bits per heavy atom. The van der Waals surface area contributed by atoms with Gasteiger partial charge in [-0.15, -0.1) is 0 Å². The second kappa shape index (κ2) is 6.02. The van der Waals surface area contributed by atoms with E-state index >= 15 is 0 Å². The molecule has 0 heterocycles. The van der Waals surface area contributed by atoms with Crippen molar-refractivity contribution in [3.05, 3.63) is 59.2 Å². The van der Waals surface area contributed by atoms with Crippen molar-refractivity contribution in [3.8, 4) is 11.8 Å². The number of benzene rings is 2. The van der Waals surface area contributed by atoms with Gasteiger partial charge in [-0.05, 0) is 18.2 Å². The van der Waals surface area contributed by atoms with Crippen molar-refractivity contribution in [3.63, 3.8) is 0 Å². The smallest absolute Gasteiger partial charge is 0.131 e. The Labute approximate surface area is 115 Å². The van der Waals surface area contributed by atoms with Gasteiger partial charge in [0.2, 0.25) is 0 Å². The quantitative estimate of drug-likeness (QED) is 0.928. The van der Waals surface area contributed by atoms with Gasteiger partial charge in [0.05, 0.1) is 18.4 Å². The van der Waals surface area contributed by atoms with Crippen LogP contribution in [-0.2, 0) is 6.54 Å². The van der Waals surface area contributed by atoms with E-state index in [0.717, 1.165) is 6.07 Å². The molecular formula is C15H12F2N2O. The van der Waals surface area contributed by atoms with E-state index in [1.165, 1.54) is 19.2 Å². The van der Waals surface area contributed by atoms with Crippen LogP contribution >= 0.6 is 0 Å². The second-order valence-corrected chi connectivity index (χ2v) is 4.11. The van der Waals surface area contributed by atoms with Crippen molar-refractivity contribution in [2.45, 2.75) is 6.54 Å². The van der Waals surface area contributed by atoms with Crippen LogP contribution in [-0.4, -0.2) is 7.11 Å². The SMILES string of the molecule is COc1ccc(C#N)c(NCc2ccc(F)cc2F)c1. The monoisotopic (exact) mass is 274 g/mol. The van der Waals surface area contributed by atoms with E-state index < -0.39 is 11.6 Å². The van der Waals surface area contributed by atoms with E-state index in [-0.39, 0.29) is 6.54 Å². The lowest BCUT2D eigenvalue weighted by molar-refractivity contribution is 0.415. The highest BCUT2D eigenvalue weighted by molar-refractivity contribution is 5.60. The van der Waals surface area contributed by atoms with Crippen LogP contribution in [0.15, 0.2) is 36.4 Å². The highest BCUT2D eigenvalue weighted by atomic mass is 19.1. The Morgan fingerprint density at radius 3 is 2.65 bits per heavy atom. The summed E-state index contributed by atoms with van der Waals surface area (Å²) in [6.45, 7) is 0.147. The minimum absolute atomic E-state index is 0.147. The summed E-state index contributed by atoms with van der Waals surface area (Å²) in [5, 5.41) is 12.0. The summed E-state index contributed by atoms with van der Waals surface area (Å²) in [6, 6.07) is 10.4. The van der Waals surface area contributed by atoms with Gasteiger partial charge in [0.15, 0.2) is 0 Å². The van der Waals surface area contributed by atoms with Gasteiger partial charge in [-0.3, -0.25) is 0 Å². The maximum absolute atomic E-state index is 13.5. The molecule has 3 nitrogen and oxygen atoms in total. The maximum atomic E-state index is 13.5. The van der Waals surface area contributed by atoms with Crippen LogP contribution < -0.4 is 10.1 Å². The van der Waals surface area contributed by atoms with Crippen LogP contribution in [0.25, 0.3) is 0 Å². The van der Waals surface area contributed by atoms with Gasteiger partial charge in [0.25, 0.3) is 0 Å². The minimum Gasteiger partial charge on any atom is -0.497 e. The molecule has 0 atom stereocenters. The predicted octanol–water partition coefficient (Wildman–Crippen LogP) is 3.46. The highest BCUT2D eigenvalue weighted by Crippen LogP contribution is 2.23. The lowest BCUT2D eigenvalue weighted by Crippen LogP contribution is -2.04. The second-order valence-electron chi connectivity index (χ2n) is 4.11. The van der Waals surface area contributed by atoms with Crippen LogP contribution in [0.5, 0.6) is 5.75 Å². The Balaban J connectivity index is 2.20. The summed E-state index contributed by atoms with van der Waals surface area (Å²) < 4.78 is 31.4. The molecule has 0 unspecified atom stereocenters. The Hall–Kier alpha value is -2.61. The van der Waals surface area contributed by atoms with Crippen molar-refractivity contribution in [2.75, 3.05) is 12.4 Å². The molecule has 0 saturated carbocycles. The molecule has 2 aromatic carbocycles. The summed E-state index contributed by atoms with van der Waals surface area (Å²) in [7, 11) is 1.52. The number of nitriles is 1. The Kier molecular flexibility index (Phi) is 4.16. The van der Waals surface area contributed by atoms with E-state index in [1.54, 1.807) is 18.2 Å². The van der Waals surface area contributed by atoms with Crippen LogP contribution in [0.4, 0.5) is 14.5 Å². The van der Waals surface area contributed by atoms with Gasteiger partial charge in [-0.2, -0.15) is 5.26 Å². The van der Waals surface area contributed by atoms with Crippen LogP contribution in [0.3, 0.4) is 0 Å². The van der Waals surface area contributed by atoms with E-state index in [1.807, 2.05) is 6.07 Å². The number of hydrogen-bond donors (Lipinski definition) is 1. The topological polar surface area (TPSA) is 45.0 Å². The molecule has 0 bridgehead atoms. The summed E-state index contributed by atoms with van der Waals surface area (Å²) in [5.41, 5.74) is 1.28. The number of nitrogens with zero attached hydrogens (tertiary/aromatic N) is 1. The fourth-order valence-electron chi connectivity index (χ4n) is 1.75. The van der Waals surface area contributed by atoms with Crippen LogP contribution in [0, 0.1) is 23.0 Å². The highest BCUT2D eigenvalue weighted by Gasteiger charge is 2.07. The summed E-state index contributed by atoms with van der Waals surface area (Å²) in [5.74, 6) is -0.657. The molecule has 1 N–H and O–H groups in total.